The molecule has 0 aromatic carbocycles. The number of unbranched alkanes of at least 4 members (excludes halogenated alkanes) is 1. The maximum absolute atomic E-state index is 13.0. The number of carboxylic acid groups (broad SMARTS) is 2. The van der Waals surface area contributed by atoms with Crippen LogP contribution in [0.4, 0.5) is 0 Å². The average Bonchev–Trinajstić information content (AvgIpc) is 2.77. The molecule has 0 saturated heterocycles. The number of carbonyl (C=O) groups excluding carboxylic acids is 3. The molecule has 4 unspecified atom stereocenters. The Morgan fingerprint density at radius 2 is 1.35 bits per heavy atom. The fourth-order valence-corrected chi connectivity index (χ4v) is 3.38. The summed E-state index contributed by atoms with van der Waals surface area (Å²) in [5.74, 6) is -4.05. The number of nitrogens with two attached hydrogens (primary N) is 2. The van der Waals surface area contributed by atoms with Gasteiger partial charge in [-0.25, -0.2) is 4.79 Å². The lowest BCUT2D eigenvalue weighted by Gasteiger charge is -2.25. The number of carbonyl (C=O) groups is 5. The minimum absolute atomic E-state index is 0.147. The first-order valence-corrected chi connectivity index (χ1v) is 12.6. The fraction of sp³-hybridized carbons (Fsp3) is 0.762. The lowest BCUT2D eigenvalue weighted by atomic mass is 10.0. The van der Waals surface area contributed by atoms with E-state index in [0.29, 0.717) is 25.1 Å². The van der Waals surface area contributed by atoms with E-state index >= 15 is 0 Å². The second-order valence-corrected chi connectivity index (χ2v) is 9.28. The van der Waals surface area contributed by atoms with Gasteiger partial charge in [0.15, 0.2) is 0 Å². The van der Waals surface area contributed by atoms with Crippen LogP contribution >= 0.6 is 11.8 Å². The molecule has 0 radical (unpaired) electrons. The smallest absolute Gasteiger partial charge is 0.326 e. The van der Waals surface area contributed by atoms with Crippen LogP contribution < -0.4 is 27.4 Å². The van der Waals surface area contributed by atoms with Gasteiger partial charge in [0.2, 0.25) is 17.7 Å². The van der Waals surface area contributed by atoms with Crippen molar-refractivity contribution in [3.63, 3.8) is 0 Å². The van der Waals surface area contributed by atoms with Gasteiger partial charge < -0.3 is 37.6 Å². The highest BCUT2D eigenvalue weighted by atomic mass is 32.2. The van der Waals surface area contributed by atoms with Gasteiger partial charge in [-0.2, -0.15) is 11.8 Å². The molecule has 0 aliphatic carbocycles. The van der Waals surface area contributed by atoms with Gasteiger partial charge >= 0.3 is 11.9 Å². The largest absolute Gasteiger partial charge is 0.481 e. The van der Waals surface area contributed by atoms with Crippen LogP contribution in [0.15, 0.2) is 0 Å². The molecule has 0 heterocycles. The maximum atomic E-state index is 13.0. The summed E-state index contributed by atoms with van der Waals surface area (Å²) in [5.41, 5.74) is 11.4. The van der Waals surface area contributed by atoms with Crippen LogP contribution in [0.1, 0.15) is 52.4 Å². The van der Waals surface area contributed by atoms with Crippen LogP contribution in [0, 0.1) is 5.92 Å². The standard InChI is InChI=1S/C21H39N5O7S/c1-12(2)17(23)20(31)25-13(6-4-5-10-22)18(29)24-14(9-11-34-3)19(30)26-15(21(32)33)7-8-16(27)28/h12-15,17H,4-11,22-23H2,1-3H3,(H,24,29)(H,25,31)(H,26,30)(H,27,28)(H,32,33). The van der Waals surface area contributed by atoms with Gasteiger partial charge in [0, 0.05) is 6.42 Å². The molecular weight excluding hydrogens is 466 g/mol. The van der Waals surface area contributed by atoms with Crippen LogP contribution in [-0.2, 0) is 24.0 Å². The molecule has 34 heavy (non-hydrogen) atoms. The number of carboxylic acids is 2. The zero-order valence-electron chi connectivity index (χ0n) is 20.0. The van der Waals surface area contributed by atoms with Crippen molar-refractivity contribution >= 4 is 41.4 Å². The quantitative estimate of drug-likeness (QED) is 0.116. The van der Waals surface area contributed by atoms with E-state index in [4.69, 9.17) is 16.6 Å². The Hall–Kier alpha value is -2.38. The number of thioether (sulfide) groups is 1. The van der Waals surface area contributed by atoms with Crippen LogP contribution in [0.5, 0.6) is 0 Å². The summed E-state index contributed by atoms with van der Waals surface area (Å²) >= 11 is 1.43. The van der Waals surface area contributed by atoms with E-state index in [1.165, 1.54) is 11.8 Å². The number of nitrogens with one attached hydrogen (secondary N) is 3. The van der Waals surface area contributed by atoms with Gasteiger partial charge in [0.1, 0.15) is 18.1 Å². The van der Waals surface area contributed by atoms with Gasteiger partial charge in [-0.1, -0.05) is 13.8 Å². The summed E-state index contributed by atoms with van der Waals surface area (Å²) in [6.45, 7) is 3.97. The number of aliphatic carboxylic acids is 2. The highest BCUT2D eigenvalue weighted by Crippen LogP contribution is 2.08. The summed E-state index contributed by atoms with van der Waals surface area (Å²) in [7, 11) is 0. The molecule has 12 nitrogen and oxygen atoms in total. The van der Waals surface area contributed by atoms with Crippen molar-refractivity contribution in [2.75, 3.05) is 18.6 Å². The Labute approximate surface area is 204 Å². The minimum atomic E-state index is -1.42. The lowest BCUT2D eigenvalue weighted by Crippen LogP contribution is -2.57. The summed E-state index contributed by atoms with van der Waals surface area (Å²) in [6, 6.07) is -4.25. The molecule has 0 fully saturated rings. The van der Waals surface area contributed by atoms with Crippen LogP contribution in [-0.4, -0.2) is 82.6 Å². The van der Waals surface area contributed by atoms with Gasteiger partial charge in [-0.3, -0.25) is 19.2 Å². The molecule has 0 bridgehead atoms. The van der Waals surface area contributed by atoms with Crippen molar-refractivity contribution < 1.29 is 34.2 Å². The third-order valence-corrected chi connectivity index (χ3v) is 5.75. The molecule has 4 atom stereocenters. The highest BCUT2D eigenvalue weighted by molar-refractivity contribution is 7.98. The van der Waals surface area contributed by atoms with Crippen LogP contribution in [0.25, 0.3) is 0 Å². The van der Waals surface area contributed by atoms with E-state index in [2.05, 4.69) is 16.0 Å². The Morgan fingerprint density at radius 3 is 1.82 bits per heavy atom. The zero-order valence-corrected chi connectivity index (χ0v) is 20.9. The molecule has 0 aromatic rings. The van der Waals surface area contributed by atoms with E-state index in [1.54, 1.807) is 13.8 Å². The van der Waals surface area contributed by atoms with Crippen molar-refractivity contribution in [2.24, 2.45) is 17.4 Å². The topological polar surface area (TPSA) is 214 Å². The van der Waals surface area contributed by atoms with Crippen molar-refractivity contribution in [3.8, 4) is 0 Å². The molecule has 0 spiro atoms. The molecule has 0 saturated carbocycles. The molecule has 0 aromatic heterocycles. The molecule has 0 rings (SSSR count). The first kappa shape index (κ1) is 31.6. The summed E-state index contributed by atoms with van der Waals surface area (Å²) in [5, 5.41) is 25.7. The molecule has 9 N–H and O–H groups in total. The van der Waals surface area contributed by atoms with Crippen molar-refractivity contribution in [3.05, 3.63) is 0 Å². The van der Waals surface area contributed by atoms with E-state index in [1.807, 2.05) is 6.26 Å². The van der Waals surface area contributed by atoms with Gasteiger partial charge in [-0.15, -0.1) is 0 Å². The third-order valence-electron chi connectivity index (χ3n) is 5.11. The molecule has 3 amide bonds. The molecule has 0 aliphatic rings. The van der Waals surface area contributed by atoms with E-state index in [9.17, 15) is 29.1 Å². The first-order chi connectivity index (χ1) is 15.9. The Balaban J connectivity index is 5.47. The number of rotatable bonds is 18. The number of amides is 3. The lowest BCUT2D eigenvalue weighted by molar-refractivity contribution is -0.143. The summed E-state index contributed by atoms with van der Waals surface area (Å²) in [4.78, 5) is 60.4. The molecule has 196 valence electrons. The second kappa shape index (κ2) is 17.1. The van der Waals surface area contributed by atoms with Gasteiger partial charge in [0.05, 0.1) is 6.04 Å². The van der Waals surface area contributed by atoms with E-state index < -0.39 is 60.2 Å². The predicted molar refractivity (Wildman–Crippen MR) is 129 cm³/mol. The SMILES string of the molecule is CSCCC(NC(=O)C(CCCCN)NC(=O)C(N)C(C)C)C(=O)NC(CCC(=O)O)C(=O)O. The van der Waals surface area contributed by atoms with Crippen molar-refractivity contribution in [1.82, 2.24) is 16.0 Å². The maximum Gasteiger partial charge on any atom is 0.326 e. The normalized spacial score (nSPS) is 14.5. The summed E-state index contributed by atoms with van der Waals surface area (Å²) < 4.78 is 0. The highest BCUT2D eigenvalue weighted by Gasteiger charge is 2.30. The van der Waals surface area contributed by atoms with Gasteiger partial charge in [0.25, 0.3) is 0 Å². The molecular formula is C21H39N5O7S. The zero-order chi connectivity index (χ0) is 26.3. The van der Waals surface area contributed by atoms with E-state index in [-0.39, 0.29) is 25.2 Å². The Kier molecular flexibility index (Phi) is 15.9. The molecule has 0 aliphatic heterocycles. The van der Waals surface area contributed by atoms with Crippen molar-refractivity contribution in [2.45, 2.75) is 76.5 Å². The summed E-state index contributed by atoms with van der Waals surface area (Å²) in [6.07, 6.45) is 2.76. The Bertz CT molecular complexity index is 692. The van der Waals surface area contributed by atoms with E-state index in [0.717, 1.165) is 0 Å². The van der Waals surface area contributed by atoms with Crippen molar-refractivity contribution in [1.29, 1.82) is 0 Å². The predicted octanol–water partition coefficient (Wildman–Crippen LogP) is -0.744. The molecule has 13 heteroatoms. The average molecular weight is 506 g/mol. The second-order valence-electron chi connectivity index (χ2n) is 8.29. The minimum Gasteiger partial charge on any atom is -0.481 e. The monoisotopic (exact) mass is 505 g/mol. The van der Waals surface area contributed by atoms with Crippen LogP contribution in [0.2, 0.25) is 0 Å². The van der Waals surface area contributed by atoms with Gasteiger partial charge in [-0.05, 0) is 56.6 Å². The number of hydrogen-bond acceptors (Lipinski definition) is 8. The fourth-order valence-electron chi connectivity index (χ4n) is 2.91. The van der Waals surface area contributed by atoms with Crippen LogP contribution in [0.3, 0.4) is 0 Å². The first-order valence-electron chi connectivity index (χ1n) is 11.2. The number of hydrogen-bond donors (Lipinski definition) is 7. The Morgan fingerprint density at radius 1 is 0.824 bits per heavy atom. The third kappa shape index (κ3) is 12.8.